The van der Waals surface area contributed by atoms with Crippen molar-refractivity contribution in [2.45, 2.75) is 114 Å². The highest BCUT2D eigenvalue weighted by Crippen LogP contribution is 2.43. The summed E-state index contributed by atoms with van der Waals surface area (Å²) in [5.41, 5.74) is 5.76. The van der Waals surface area contributed by atoms with Gasteiger partial charge in [-0.2, -0.15) is 0 Å². The number of amides is 4. The molecule has 11 nitrogen and oxygen atoms in total. The molecule has 5 N–H and O–H groups in total. The SMILES string of the molecule is CC1(C)C[C@H]2C(CN3C(=O)[C@@H](NC(=O)OCc4ccccc4)CCCCC=CCCCC[C@@H](C(O)C(N)=O)NC(=O)[C@H]23)O1. The second-order valence-electron chi connectivity index (χ2n) is 12.5. The predicted octanol–water partition coefficient (Wildman–Crippen LogP) is 2.70. The first-order chi connectivity index (χ1) is 20.6. The van der Waals surface area contributed by atoms with Crippen LogP contribution in [-0.4, -0.2) is 76.3 Å². The van der Waals surface area contributed by atoms with Gasteiger partial charge in [-0.15, -0.1) is 0 Å². The molecule has 1 aromatic rings. The van der Waals surface area contributed by atoms with Gasteiger partial charge in [-0.1, -0.05) is 55.3 Å². The summed E-state index contributed by atoms with van der Waals surface area (Å²) in [5, 5.41) is 16.2. The molecular formula is C32H46N4O7. The van der Waals surface area contributed by atoms with Gasteiger partial charge in [0.25, 0.3) is 0 Å². The summed E-state index contributed by atoms with van der Waals surface area (Å²) in [7, 11) is 0. The van der Waals surface area contributed by atoms with Gasteiger partial charge in [0.2, 0.25) is 17.7 Å². The number of nitrogens with two attached hydrogens (primary N) is 1. The van der Waals surface area contributed by atoms with Crippen molar-refractivity contribution in [2.75, 3.05) is 6.54 Å². The number of allylic oxidation sites excluding steroid dienone is 2. The van der Waals surface area contributed by atoms with Gasteiger partial charge in [0.05, 0.1) is 17.7 Å². The molecule has 3 heterocycles. The Kier molecular flexibility index (Phi) is 11.2. The molecule has 0 saturated carbocycles. The molecular weight excluding hydrogens is 552 g/mol. The van der Waals surface area contributed by atoms with Crippen LogP contribution in [0.15, 0.2) is 42.5 Å². The fourth-order valence-electron chi connectivity index (χ4n) is 6.45. The maximum absolute atomic E-state index is 14.1. The van der Waals surface area contributed by atoms with Gasteiger partial charge in [-0.05, 0) is 64.4 Å². The number of rotatable bonds is 5. The summed E-state index contributed by atoms with van der Waals surface area (Å²) in [5.74, 6) is -2.07. The highest BCUT2D eigenvalue weighted by molar-refractivity contribution is 5.93. The van der Waals surface area contributed by atoms with Gasteiger partial charge in [-0.3, -0.25) is 14.4 Å². The monoisotopic (exact) mass is 598 g/mol. The van der Waals surface area contributed by atoms with Crippen molar-refractivity contribution in [1.82, 2.24) is 15.5 Å². The second kappa shape index (κ2) is 14.8. The minimum absolute atomic E-state index is 0.0593. The van der Waals surface area contributed by atoms with E-state index < -0.39 is 47.7 Å². The molecule has 0 aliphatic carbocycles. The summed E-state index contributed by atoms with van der Waals surface area (Å²) in [6, 6.07) is 6.57. The quantitative estimate of drug-likeness (QED) is 0.379. The summed E-state index contributed by atoms with van der Waals surface area (Å²) in [6.07, 6.45) is 7.52. The van der Waals surface area contributed by atoms with Gasteiger partial charge in [0.15, 0.2) is 6.10 Å². The molecule has 43 heavy (non-hydrogen) atoms. The number of hydrogen-bond donors (Lipinski definition) is 4. The number of carbonyl (C=O) groups excluding carboxylic acids is 4. The van der Waals surface area contributed by atoms with Crippen molar-refractivity contribution in [2.24, 2.45) is 11.7 Å². The number of primary amides is 1. The van der Waals surface area contributed by atoms with Crippen molar-refractivity contribution < 1.29 is 33.8 Å². The maximum Gasteiger partial charge on any atom is 0.408 e. The lowest BCUT2D eigenvalue weighted by Crippen LogP contribution is -2.58. The Morgan fingerprint density at radius 2 is 1.79 bits per heavy atom. The molecule has 6 atom stereocenters. The Hall–Kier alpha value is -3.44. The van der Waals surface area contributed by atoms with Crippen LogP contribution in [0.1, 0.15) is 77.2 Å². The average molecular weight is 599 g/mol. The third-order valence-corrected chi connectivity index (χ3v) is 8.56. The number of benzene rings is 1. The van der Waals surface area contributed by atoms with E-state index in [1.165, 1.54) is 4.90 Å². The van der Waals surface area contributed by atoms with Crippen LogP contribution in [0, 0.1) is 5.92 Å². The number of alkyl carbamates (subject to hydrolysis) is 1. The van der Waals surface area contributed by atoms with Crippen LogP contribution >= 0.6 is 0 Å². The van der Waals surface area contributed by atoms with Crippen molar-refractivity contribution in [3.8, 4) is 0 Å². The Morgan fingerprint density at radius 1 is 1.12 bits per heavy atom. The third-order valence-electron chi connectivity index (χ3n) is 8.56. The zero-order valence-corrected chi connectivity index (χ0v) is 25.2. The molecule has 3 aliphatic rings. The van der Waals surface area contributed by atoms with Crippen molar-refractivity contribution in [1.29, 1.82) is 0 Å². The van der Waals surface area contributed by atoms with Gasteiger partial charge >= 0.3 is 6.09 Å². The Balaban J connectivity index is 1.57. The van der Waals surface area contributed by atoms with Crippen LogP contribution in [0.4, 0.5) is 4.79 Å². The predicted molar refractivity (Wildman–Crippen MR) is 159 cm³/mol. The van der Waals surface area contributed by atoms with Gasteiger partial charge in [0, 0.05) is 12.5 Å². The van der Waals surface area contributed by atoms with E-state index >= 15 is 0 Å². The largest absolute Gasteiger partial charge is 0.445 e. The molecule has 2 unspecified atom stereocenters. The lowest BCUT2D eigenvalue weighted by molar-refractivity contribution is -0.143. The number of aliphatic hydroxyl groups excluding tert-OH is 1. The van der Waals surface area contributed by atoms with Gasteiger partial charge < -0.3 is 35.8 Å². The molecule has 0 aromatic heterocycles. The third kappa shape index (κ3) is 8.79. The van der Waals surface area contributed by atoms with E-state index in [9.17, 15) is 24.3 Å². The lowest BCUT2D eigenvalue weighted by Gasteiger charge is -2.33. The number of carbonyl (C=O) groups is 4. The number of nitrogens with one attached hydrogen (secondary N) is 2. The second-order valence-corrected chi connectivity index (χ2v) is 12.5. The Bertz CT molecular complexity index is 1160. The van der Waals surface area contributed by atoms with Gasteiger partial charge in [0.1, 0.15) is 18.7 Å². The first-order valence-corrected chi connectivity index (χ1v) is 15.4. The van der Waals surface area contributed by atoms with Gasteiger partial charge in [-0.25, -0.2) is 4.79 Å². The minimum Gasteiger partial charge on any atom is -0.445 e. The summed E-state index contributed by atoms with van der Waals surface area (Å²) < 4.78 is 11.7. The Labute approximate surface area is 253 Å². The van der Waals surface area contributed by atoms with E-state index in [-0.39, 0.29) is 31.1 Å². The van der Waals surface area contributed by atoms with E-state index in [1.54, 1.807) is 0 Å². The van der Waals surface area contributed by atoms with E-state index in [0.29, 0.717) is 32.1 Å². The van der Waals surface area contributed by atoms with E-state index in [2.05, 4.69) is 22.8 Å². The molecule has 3 aliphatic heterocycles. The normalized spacial score (nSPS) is 29.1. The zero-order valence-electron chi connectivity index (χ0n) is 25.2. The topological polar surface area (TPSA) is 160 Å². The fraction of sp³-hybridized carbons (Fsp3) is 0.625. The summed E-state index contributed by atoms with van der Waals surface area (Å²) in [4.78, 5) is 54.3. The maximum atomic E-state index is 14.1. The number of fused-ring (bicyclic) bond motifs is 3. The standard InChI is InChI=1S/C32H46N4O7/c1-32(2)18-22-25(43-32)19-36-26(22)29(39)34-23(27(37)28(33)38)16-12-7-5-3-4-6-8-13-17-24(30(36)40)35-31(41)42-20-21-14-10-9-11-15-21/h3-4,9-11,14-15,22-27,37H,5-8,12-13,16-20H2,1-2H3,(H2,33,38)(H,34,39)(H,35,41)/t22-,23-,24-,25?,26-,27?/m0/s1. The summed E-state index contributed by atoms with van der Waals surface area (Å²) in [6.45, 7) is 4.15. The molecule has 4 amide bonds. The van der Waals surface area contributed by atoms with E-state index in [4.69, 9.17) is 15.2 Å². The highest BCUT2D eigenvalue weighted by atomic mass is 16.5. The van der Waals surface area contributed by atoms with Crippen LogP contribution in [0.3, 0.4) is 0 Å². The smallest absolute Gasteiger partial charge is 0.408 e. The molecule has 0 bridgehead atoms. The molecule has 4 rings (SSSR count). The minimum atomic E-state index is -1.56. The van der Waals surface area contributed by atoms with E-state index in [0.717, 1.165) is 31.2 Å². The van der Waals surface area contributed by atoms with E-state index in [1.807, 2.05) is 44.2 Å². The van der Waals surface area contributed by atoms with Crippen LogP contribution in [0.25, 0.3) is 0 Å². The molecule has 0 radical (unpaired) electrons. The van der Waals surface area contributed by atoms with Crippen LogP contribution < -0.4 is 16.4 Å². The fourth-order valence-corrected chi connectivity index (χ4v) is 6.45. The number of aliphatic hydroxyl groups is 1. The van der Waals surface area contributed by atoms with Crippen LogP contribution in [0.2, 0.25) is 0 Å². The Morgan fingerprint density at radius 3 is 2.47 bits per heavy atom. The number of hydrogen-bond acceptors (Lipinski definition) is 7. The lowest BCUT2D eigenvalue weighted by atomic mass is 9.89. The average Bonchev–Trinajstić information content (AvgIpc) is 3.46. The highest BCUT2D eigenvalue weighted by Gasteiger charge is 2.56. The molecule has 236 valence electrons. The van der Waals surface area contributed by atoms with Crippen molar-refractivity contribution in [3.05, 3.63) is 48.0 Å². The number of nitrogens with zero attached hydrogens (tertiary/aromatic N) is 1. The molecule has 2 fully saturated rings. The summed E-state index contributed by atoms with van der Waals surface area (Å²) >= 11 is 0. The molecule has 1 aromatic carbocycles. The van der Waals surface area contributed by atoms with Crippen molar-refractivity contribution in [3.63, 3.8) is 0 Å². The van der Waals surface area contributed by atoms with Crippen LogP contribution in [-0.2, 0) is 30.5 Å². The number of ether oxygens (including phenoxy) is 2. The molecule has 11 heteroatoms. The first-order valence-electron chi connectivity index (χ1n) is 15.4. The van der Waals surface area contributed by atoms with Crippen LogP contribution in [0.5, 0.6) is 0 Å². The molecule has 2 saturated heterocycles. The zero-order chi connectivity index (χ0) is 31.0. The first kappa shape index (κ1) is 32.5. The van der Waals surface area contributed by atoms with Crippen molar-refractivity contribution >= 4 is 23.8 Å². The molecule has 0 spiro atoms.